The molecule has 144 valence electrons. The third-order valence-electron chi connectivity index (χ3n) is 4.76. The Hall–Kier alpha value is -2.69. The van der Waals surface area contributed by atoms with E-state index in [-0.39, 0.29) is 17.9 Å². The first-order valence-corrected chi connectivity index (χ1v) is 9.44. The normalized spacial score (nSPS) is 16.6. The second-order valence-corrected chi connectivity index (χ2v) is 6.81. The van der Waals surface area contributed by atoms with Gasteiger partial charge < -0.3 is 19.5 Å². The molecule has 0 radical (unpaired) electrons. The summed E-state index contributed by atoms with van der Waals surface area (Å²) in [5, 5.41) is 3.10. The highest BCUT2D eigenvalue weighted by atomic mass is 16.5. The lowest BCUT2D eigenvalue weighted by molar-refractivity contribution is -0.126. The van der Waals surface area contributed by atoms with Crippen molar-refractivity contribution in [1.29, 1.82) is 0 Å². The Labute approximate surface area is 160 Å². The highest BCUT2D eigenvalue weighted by molar-refractivity contribution is 5.80. The van der Waals surface area contributed by atoms with Crippen molar-refractivity contribution in [2.75, 3.05) is 20.3 Å². The number of carbonyl (C=O) groups excluding carboxylic acids is 1. The molecule has 1 heterocycles. The van der Waals surface area contributed by atoms with Gasteiger partial charge in [0, 0.05) is 0 Å². The molecule has 0 bridgehead atoms. The molecule has 27 heavy (non-hydrogen) atoms. The van der Waals surface area contributed by atoms with Crippen molar-refractivity contribution in [3.8, 4) is 17.2 Å². The number of rotatable bonds is 7. The molecular weight excluding hydrogens is 342 g/mol. The van der Waals surface area contributed by atoms with Gasteiger partial charge in [-0.25, -0.2) is 0 Å². The molecule has 2 unspecified atom stereocenters. The predicted octanol–water partition coefficient (Wildman–Crippen LogP) is 3.91. The van der Waals surface area contributed by atoms with Crippen molar-refractivity contribution in [3.05, 3.63) is 53.6 Å². The SMILES string of the molecule is CCCOc1ccc(C(C)NC(=O)C2COc3ccccc3C2)cc1OC. The van der Waals surface area contributed by atoms with Gasteiger partial charge in [0.15, 0.2) is 11.5 Å². The minimum atomic E-state index is -0.184. The standard InChI is InChI=1S/C22H27NO4/c1-4-11-26-20-10-9-16(13-21(20)25-3)15(2)23-22(24)18-12-17-7-5-6-8-19(17)27-14-18/h5-10,13,15,18H,4,11-12,14H2,1-3H3,(H,23,24). The molecule has 2 aromatic carbocycles. The lowest BCUT2D eigenvalue weighted by atomic mass is 9.95. The molecule has 0 fully saturated rings. The number of hydrogen-bond acceptors (Lipinski definition) is 4. The number of amides is 1. The minimum Gasteiger partial charge on any atom is -0.493 e. The zero-order valence-electron chi connectivity index (χ0n) is 16.2. The van der Waals surface area contributed by atoms with Crippen LogP contribution in [-0.4, -0.2) is 26.2 Å². The lowest BCUT2D eigenvalue weighted by Crippen LogP contribution is -2.38. The topological polar surface area (TPSA) is 56.8 Å². The van der Waals surface area contributed by atoms with Gasteiger partial charge >= 0.3 is 0 Å². The summed E-state index contributed by atoms with van der Waals surface area (Å²) in [5.74, 6) is 2.09. The van der Waals surface area contributed by atoms with Crippen molar-refractivity contribution >= 4 is 5.91 Å². The van der Waals surface area contributed by atoms with Crippen LogP contribution >= 0.6 is 0 Å². The molecule has 0 saturated carbocycles. The van der Waals surface area contributed by atoms with Gasteiger partial charge in [-0.3, -0.25) is 4.79 Å². The number of ether oxygens (including phenoxy) is 3. The number of para-hydroxylation sites is 1. The fraction of sp³-hybridized carbons (Fsp3) is 0.409. The molecule has 1 aliphatic rings. The van der Waals surface area contributed by atoms with Crippen LogP contribution in [0.15, 0.2) is 42.5 Å². The summed E-state index contributed by atoms with van der Waals surface area (Å²) in [7, 11) is 1.62. The molecule has 1 aliphatic heterocycles. The summed E-state index contributed by atoms with van der Waals surface area (Å²) in [6.45, 7) is 5.08. The molecule has 0 aromatic heterocycles. The molecule has 5 heteroatoms. The lowest BCUT2D eigenvalue weighted by Gasteiger charge is -2.26. The van der Waals surface area contributed by atoms with Crippen molar-refractivity contribution in [3.63, 3.8) is 0 Å². The number of nitrogens with one attached hydrogen (secondary N) is 1. The van der Waals surface area contributed by atoms with E-state index in [2.05, 4.69) is 12.2 Å². The summed E-state index contributed by atoms with van der Waals surface area (Å²) in [4.78, 5) is 12.7. The Morgan fingerprint density at radius 3 is 2.85 bits per heavy atom. The molecule has 1 N–H and O–H groups in total. The Balaban J connectivity index is 1.64. The molecule has 1 amide bonds. The van der Waals surface area contributed by atoms with Gasteiger partial charge in [-0.1, -0.05) is 31.2 Å². The first-order valence-electron chi connectivity index (χ1n) is 9.44. The van der Waals surface area contributed by atoms with Gasteiger partial charge in [0.25, 0.3) is 0 Å². The highest BCUT2D eigenvalue weighted by Gasteiger charge is 2.27. The van der Waals surface area contributed by atoms with E-state index in [1.54, 1.807) is 7.11 Å². The van der Waals surface area contributed by atoms with Gasteiger partial charge in [0.1, 0.15) is 12.4 Å². The maximum absolute atomic E-state index is 12.7. The number of carbonyl (C=O) groups is 1. The average Bonchev–Trinajstić information content (AvgIpc) is 2.71. The van der Waals surface area contributed by atoms with Crippen LogP contribution < -0.4 is 19.5 Å². The number of methoxy groups -OCH3 is 1. The molecule has 0 aliphatic carbocycles. The Morgan fingerprint density at radius 1 is 1.26 bits per heavy atom. The van der Waals surface area contributed by atoms with E-state index in [4.69, 9.17) is 14.2 Å². The highest BCUT2D eigenvalue weighted by Crippen LogP contribution is 2.31. The quantitative estimate of drug-likeness (QED) is 0.804. The summed E-state index contributed by atoms with van der Waals surface area (Å²) < 4.78 is 16.9. The van der Waals surface area contributed by atoms with Crippen LogP contribution in [0.2, 0.25) is 0 Å². The van der Waals surface area contributed by atoms with E-state index in [0.717, 1.165) is 29.0 Å². The fourth-order valence-electron chi connectivity index (χ4n) is 3.20. The van der Waals surface area contributed by atoms with Crippen molar-refractivity contribution < 1.29 is 19.0 Å². The van der Waals surface area contributed by atoms with E-state index in [0.29, 0.717) is 25.4 Å². The van der Waals surface area contributed by atoms with E-state index >= 15 is 0 Å². The monoisotopic (exact) mass is 369 g/mol. The number of benzene rings is 2. The van der Waals surface area contributed by atoms with Crippen molar-refractivity contribution in [2.24, 2.45) is 5.92 Å². The molecule has 2 aromatic rings. The maximum Gasteiger partial charge on any atom is 0.227 e. The van der Waals surface area contributed by atoms with Crippen LogP contribution in [0.5, 0.6) is 17.2 Å². The van der Waals surface area contributed by atoms with E-state index in [1.807, 2.05) is 49.4 Å². The second kappa shape index (κ2) is 8.80. The summed E-state index contributed by atoms with van der Waals surface area (Å²) in [6.07, 6.45) is 1.63. The van der Waals surface area contributed by atoms with Crippen LogP contribution in [0, 0.1) is 5.92 Å². The fourth-order valence-corrected chi connectivity index (χ4v) is 3.20. The second-order valence-electron chi connectivity index (χ2n) is 6.81. The van der Waals surface area contributed by atoms with E-state index in [1.165, 1.54) is 0 Å². The molecule has 0 spiro atoms. The molecule has 5 nitrogen and oxygen atoms in total. The predicted molar refractivity (Wildman–Crippen MR) is 104 cm³/mol. The van der Waals surface area contributed by atoms with Crippen LogP contribution in [0.25, 0.3) is 0 Å². The molecular formula is C22H27NO4. The average molecular weight is 369 g/mol. The van der Waals surface area contributed by atoms with Crippen LogP contribution in [0.4, 0.5) is 0 Å². The number of hydrogen-bond donors (Lipinski definition) is 1. The third-order valence-corrected chi connectivity index (χ3v) is 4.76. The Kier molecular flexibility index (Phi) is 6.22. The zero-order chi connectivity index (χ0) is 19.2. The van der Waals surface area contributed by atoms with Crippen molar-refractivity contribution in [2.45, 2.75) is 32.7 Å². The van der Waals surface area contributed by atoms with Crippen LogP contribution in [-0.2, 0) is 11.2 Å². The maximum atomic E-state index is 12.7. The molecule has 0 saturated heterocycles. The minimum absolute atomic E-state index is 0.00211. The smallest absolute Gasteiger partial charge is 0.227 e. The third kappa shape index (κ3) is 4.54. The Bertz CT molecular complexity index is 790. The molecule has 2 atom stereocenters. The summed E-state index contributed by atoms with van der Waals surface area (Å²) >= 11 is 0. The first kappa shape index (κ1) is 19.1. The van der Waals surface area contributed by atoms with E-state index in [9.17, 15) is 4.79 Å². The van der Waals surface area contributed by atoms with Crippen LogP contribution in [0.3, 0.4) is 0 Å². The zero-order valence-corrected chi connectivity index (χ0v) is 16.2. The van der Waals surface area contributed by atoms with Gasteiger partial charge in [0.05, 0.1) is 25.7 Å². The van der Waals surface area contributed by atoms with E-state index < -0.39 is 0 Å². The van der Waals surface area contributed by atoms with Gasteiger partial charge in [0.2, 0.25) is 5.91 Å². The summed E-state index contributed by atoms with van der Waals surface area (Å²) in [5.41, 5.74) is 2.05. The van der Waals surface area contributed by atoms with Gasteiger partial charge in [-0.05, 0) is 49.1 Å². The summed E-state index contributed by atoms with van der Waals surface area (Å²) in [6, 6.07) is 13.5. The Morgan fingerprint density at radius 2 is 2.07 bits per heavy atom. The van der Waals surface area contributed by atoms with Crippen LogP contribution in [0.1, 0.15) is 37.4 Å². The molecule has 3 rings (SSSR count). The van der Waals surface area contributed by atoms with Crippen molar-refractivity contribution in [1.82, 2.24) is 5.32 Å². The van der Waals surface area contributed by atoms with Gasteiger partial charge in [-0.15, -0.1) is 0 Å². The largest absolute Gasteiger partial charge is 0.493 e. The first-order chi connectivity index (χ1) is 13.1. The number of fused-ring (bicyclic) bond motifs is 1. The van der Waals surface area contributed by atoms with Gasteiger partial charge in [-0.2, -0.15) is 0 Å².